The molecular weight excluding hydrogens is 284 g/mol. The largest absolute Gasteiger partial charge is 0.342 e. The first-order valence-electron chi connectivity index (χ1n) is 7.78. The average Bonchev–Trinajstić information content (AvgIpc) is 2.97. The molecule has 5 heteroatoms. The summed E-state index contributed by atoms with van der Waals surface area (Å²) < 4.78 is 0. The Labute approximate surface area is 129 Å². The van der Waals surface area contributed by atoms with Crippen LogP contribution in [0.1, 0.15) is 49.6 Å². The van der Waals surface area contributed by atoms with E-state index in [1.807, 2.05) is 11.8 Å². The third kappa shape index (κ3) is 2.59. The summed E-state index contributed by atoms with van der Waals surface area (Å²) in [6, 6.07) is 1.85. The number of nitrogens with zero attached hydrogens (tertiary/aromatic N) is 1. The molecule has 3 rings (SSSR count). The van der Waals surface area contributed by atoms with Gasteiger partial charge in [0.2, 0.25) is 11.8 Å². The molecule has 1 aliphatic carbocycles. The molecule has 1 fully saturated rings. The maximum Gasteiger partial charge on any atom is 0.246 e. The van der Waals surface area contributed by atoms with E-state index >= 15 is 0 Å². The second kappa shape index (κ2) is 5.79. The van der Waals surface area contributed by atoms with Crippen molar-refractivity contribution in [1.82, 2.24) is 10.2 Å². The van der Waals surface area contributed by atoms with Gasteiger partial charge < -0.3 is 10.2 Å². The molecule has 0 saturated carbocycles. The first-order valence-corrected chi connectivity index (χ1v) is 8.66. The summed E-state index contributed by atoms with van der Waals surface area (Å²) in [5.74, 6) is 0.241. The maximum absolute atomic E-state index is 12.8. The van der Waals surface area contributed by atoms with Gasteiger partial charge in [0, 0.05) is 4.88 Å². The Balaban J connectivity index is 1.88. The van der Waals surface area contributed by atoms with Crippen molar-refractivity contribution in [3.05, 3.63) is 21.9 Å². The third-order valence-electron chi connectivity index (χ3n) is 4.79. The maximum atomic E-state index is 12.8. The standard InChI is InChI=1S/C16H22N2O2S/c1-3-10(2)15-16(20)18(9-14(19)17-15)12-5-4-6-13-11(12)7-8-21-13/h7-8,10,12,15H,3-6,9H2,1-2H3,(H,17,19). The lowest BCUT2D eigenvalue weighted by molar-refractivity contribution is -0.148. The molecule has 0 aromatic carbocycles. The Hall–Kier alpha value is -1.36. The van der Waals surface area contributed by atoms with E-state index < -0.39 is 0 Å². The molecule has 114 valence electrons. The van der Waals surface area contributed by atoms with Crippen molar-refractivity contribution >= 4 is 23.2 Å². The topological polar surface area (TPSA) is 49.4 Å². The van der Waals surface area contributed by atoms with Crippen molar-refractivity contribution in [2.75, 3.05) is 6.54 Å². The third-order valence-corrected chi connectivity index (χ3v) is 5.79. The fourth-order valence-corrected chi connectivity index (χ4v) is 4.34. The van der Waals surface area contributed by atoms with Gasteiger partial charge in [-0.1, -0.05) is 20.3 Å². The van der Waals surface area contributed by atoms with E-state index in [9.17, 15) is 9.59 Å². The number of nitrogens with one attached hydrogen (secondary N) is 1. The summed E-state index contributed by atoms with van der Waals surface area (Å²) in [4.78, 5) is 28.1. The van der Waals surface area contributed by atoms with Crippen LogP contribution in [0.5, 0.6) is 0 Å². The van der Waals surface area contributed by atoms with Gasteiger partial charge in [-0.05, 0) is 42.2 Å². The first kappa shape index (κ1) is 14.6. The quantitative estimate of drug-likeness (QED) is 0.933. The summed E-state index contributed by atoms with van der Waals surface area (Å²) in [5, 5.41) is 4.98. The van der Waals surface area contributed by atoms with Crippen molar-refractivity contribution in [2.45, 2.75) is 51.6 Å². The van der Waals surface area contributed by atoms with Crippen molar-refractivity contribution < 1.29 is 9.59 Å². The number of thiophene rings is 1. The van der Waals surface area contributed by atoms with E-state index in [-0.39, 0.29) is 36.4 Å². The summed E-state index contributed by atoms with van der Waals surface area (Å²) in [6.45, 7) is 4.29. The molecular formula is C16H22N2O2S. The predicted octanol–water partition coefficient (Wildman–Crippen LogP) is 2.50. The van der Waals surface area contributed by atoms with Crippen molar-refractivity contribution in [1.29, 1.82) is 0 Å². The van der Waals surface area contributed by atoms with Crippen LogP contribution in [-0.4, -0.2) is 29.3 Å². The fraction of sp³-hybridized carbons (Fsp3) is 0.625. The van der Waals surface area contributed by atoms with E-state index in [0.29, 0.717) is 0 Å². The number of carbonyl (C=O) groups is 2. The highest BCUT2D eigenvalue weighted by atomic mass is 32.1. The smallest absolute Gasteiger partial charge is 0.246 e. The predicted molar refractivity (Wildman–Crippen MR) is 83.1 cm³/mol. The van der Waals surface area contributed by atoms with Crippen LogP contribution in [0.4, 0.5) is 0 Å². The van der Waals surface area contributed by atoms with E-state index in [2.05, 4.69) is 23.7 Å². The lowest BCUT2D eigenvalue weighted by Gasteiger charge is -2.41. The Kier molecular flexibility index (Phi) is 4.02. The molecule has 2 aliphatic rings. The van der Waals surface area contributed by atoms with E-state index in [0.717, 1.165) is 25.7 Å². The lowest BCUT2D eigenvalue weighted by atomic mass is 9.89. The molecule has 3 atom stereocenters. The van der Waals surface area contributed by atoms with Crippen LogP contribution >= 0.6 is 11.3 Å². The minimum Gasteiger partial charge on any atom is -0.342 e. The summed E-state index contributed by atoms with van der Waals surface area (Å²) in [6.07, 6.45) is 4.05. The highest BCUT2D eigenvalue weighted by molar-refractivity contribution is 7.10. The molecule has 2 heterocycles. The second-order valence-corrected chi connectivity index (χ2v) is 7.10. The fourth-order valence-electron chi connectivity index (χ4n) is 3.36. The highest BCUT2D eigenvalue weighted by Gasteiger charge is 2.40. The van der Waals surface area contributed by atoms with Crippen LogP contribution in [0, 0.1) is 5.92 Å². The molecule has 3 unspecified atom stereocenters. The number of aryl methyl sites for hydroxylation is 1. The summed E-state index contributed by atoms with van der Waals surface area (Å²) in [7, 11) is 0. The van der Waals surface area contributed by atoms with Crippen LogP contribution in [-0.2, 0) is 16.0 Å². The molecule has 2 amide bonds. The lowest BCUT2D eigenvalue weighted by Crippen LogP contribution is -2.60. The number of piperazine rings is 1. The van der Waals surface area contributed by atoms with E-state index in [1.54, 1.807) is 11.3 Å². The Morgan fingerprint density at radius 1 is 1.48 bits per heavy atom. The molecule has 21 heavy (non-hydrogen) atoms. The molecule has 1 aliphatic heterocycles. The minimum absolute atomic E-state index is 0.0257. The summed E-state index contributed by atoms with van der Waals surface area (Å²) >= 11 is 1.77. The zero-order chi connectivity index (χ0) is 15.0. The molecule has 1 N–H and O–H groups in total. The van der Waals surface area contributed by atoms with Crippen molar-refractivity contribution in [3.8, 4) is 0 Å². The van der Waals surface area contributed by atoms with Gasteiger partial charge in [0.15, 0.2) is 0 Å². The Morgan fingerprint density at radius 3 is 3.05 bits per heavy atom. The van der Waals surface area contributed by atoms with Gasteiger partial charge in [0.25, 0.3) is 0 Å². The molecule has 4 nitrogen and oxygen atoms in total. The second-order valence-electron chi connectivity index (χ2n) is 6.10. The zero-order valence-corrected chi connectivity index (χ0v) is 13.4. The van der Waals surface area contributed by atoms with E-state index in [4.69, 9.17) is 0 Å². The summed E-state index contributed by atoms with van der Waals surface area (Å²) in [5.41, 5.74) is 1.26. The zero-order valence-electron chi connectivity index (χ0n) is 12.6. The van der Waals surface area contributed by atoms with Crippen LogP contribution in [0.3, 0.4) is 0 Å². The van der Waals surface area contributed by atoms with E-state index in [1.165, 1.54) is 10.4 Å². The number of hydrogen-bond donors (Lipinski definition) is 1. The normalized spacial score (nSPS) is 27.2. The number of hydrogen-bond acceptors (Lipinski definition) is 3. The molecule has 0 spiro atoms. The SMILES string of the molecule is CCC(C)C1NC(=O)CN(C2CCCc3sccc32)C1=O. The van der Waals surface area contributed by atoms with Gasteiger partial charge in [-0.25, -0.2) is 0 Å². The monoisotopic (exact) mass is 306 g/mol. The van der Waals surface area contributed by atoms with Gasteiger partial charge in [-0.3, -0.25) is 9.59 Å². The highest BCUT2D eigenvalue weighted by Crippen LogP contribution is 2.38. The molecule has 0 radical (unpaired) electrons. The van der Waals surface area contributed by atoms with Crippen molar-refractivity contribution in [2.24, 2.45) is 5.92 Å². The Morgan fingerprint density at radius 2 is 2.29 bits per heavy atom. The molecule has 0 bridgehead atoms. The van der Waals surface area contributed by atoms with Gasteiger partial charge in [0.1, 0.15) is 12.6 Å². The molecule has 1 saturated heterocycles. The van der Waals surface area contributed by atoms with Gasteiger partial charge in [-0.2, -0.15) is 0 Å². The Bertz CT molecular complexity index is 554. The van der Waals surface area contributed by atoms with Crippen molar-refractivity contribution in [3.63, 3.8) is 0 Å². The van der Waals surface area contributed by atoms with Gasteiger partial charge in [0.05, 0.1) is 6.04 Å². The first-order chi connectivity index (χ1) is 10.1. The number of carbonyl (C=O) groups excluding carboxylic acids is 2. The average molecular weight is 306 g/mol. The van der Waals surface area contributed by atoms with Crippen LogP contribution < -0.4 is 5.32 Å². The minimum atomic E-state index is -0.361. The van der Waals surface area contributed by atoms with Gasteiger partial charge in [-0.15, -0.1) is 11.3 Å². The van der Waals surface area contributed by atoms with Gasteiger partial charge >= 0.3 is 0 Å². The van der Waals surface area contributed by atoms with Crippen LogP contribution in [0.2, 0.25) is 0 Å². The van der Waals surface area contributed by atoms with Crippen LogP contribution in [0.15, 0.2) is 11.4 Å². The molecule has 1 aromatic rings. The number of amides is 2. The number of fused-ring (bicyclic) bond motifs is 1. The number of rotatable bonds is 3. The van der Waals surface area contributed by atoms with Crippen LogP contribution in [0.25, 0.3) is 0 Å². The molecule has 1 aromatic heterocycles.